The summed E-state index contributed by atoms with van der Waals surface area (Å²) in [7, 11) is 0. The summed E-state index contributed by atoms with van der Waals surface area (Å²) in [4.78, 5) is 16.9. The zero-order valence-corrected chi connectivity index (χ0v) is 17.4. The number of ether oxygens (including phenoxy) is 1. The van der Waals surface area contributed by atoms with Crippen molar-refractivity contribution in [2.24, 2.45) is 0 Å². The van der Waals surface area contributed by atoms with Crippen molar-refractivity contribution >= 4 is 5.91 Å². The number of benzene rings is 3. The molecule has 1 amide bonds. The molecule has 0 unspecified atom stereocenters. The van der Waals surface area contributed by atoms with Crippen molar-refractivity contribution in [2.75, 3.05) is 6.61 Å². The summed E-state index contributed by atoms with van der Waals surface area (Å²) in [5.74, 6) is 1.13. The number of rotatable bonds is 7. The molecule has 0 radical (unpaired) electrons. The van der Waals surface area contributed by atoms with Crippen LogP contribution in [0.5, 0.6) is 5.75 Å². The Morgan fingerprint density at radius 3 is 2.61 bits per heavy atom. The maximum Gasteiger partial charge on any atom is 0.262 e. The van der Waals surface area contributed by atoms with Crippen molar-refractivity contribution in [3.05, 3.63) is 90.0 Å². The Kier molecular flexibility index (Phi) is 6.08. The highest BCUT2D eigenvalue weighted by Gasteiger charge is 2.16. The molecule has 0 spiro atoms. The van der Waals surface area contributed by atoms with Gasteiger partial charge in [-0.1, -0.05) is 71.4 Å². The van der Waals surface area contributed by atoms with Gasteiger partial charge in [0, 0.05) is 5.56 Å². The molecule has 1 N–H and O–H groups in total. The van der Waals surface area contributed by atoms with E-state index in [4.69, 9.17) is 9.26 Å². The van der Waals surface area contributed by atoms with E-state index in [0.717, 1.165) is 16.7 Å². The second-order valence-corrected chi connectivity index (χ2v) is 7.28. The second kappa shape index (κ2) is 9.26. The first-order valence-electron chi connectivity index (χ1n) is 10.1. The number of aryl methyl sites for hydroxylation is 1. The van der Waals surface area contributed by atoms with Gasteiger partial charge in [-0.25, -0.2) is 0 Å². The summed E-state index contributed by atoms with van der Waals surface area (Å²) in [5, 5.41) is 7.03. The van der Waals surface area contributed by atoms with E-state index in [1.807, 2.05) is 86.6 Å². The van der Waals surface area contributed by atoms with Crippen LogP contribution in [0.2, 0.25) is 0 Å². The lowest BCUT2D eigenvalue weighted by Crippen LogP contribution is -2.31. The van der Waals surface area contributed by atoms with Gasteiger partial charge >= 0.3 is 0 Å². The van der Waals surface area contributed by atoms with Gasteiger partial charge in [-0.15, -0.1) is 0 Å². The van der Waals surface area contributed by atoms with E-state index >= 15 is 0 Å². The number of hydrogen-bond donors (Lipinski definition) is 1. The number of aromatic nitrogens is 2. The zero-order valence-electron chi connectivity index (χ0n) is 17.4. The molecule has 0 aliphatic heterocycles. The molecule has 1 aromatic heterocycles. The van der Waals surface area contributed by atoms with E-state index in [0.29, 0.717) is 23.0 Å². The van der Waals surface area contributed by atoms with E-state index in [-0.39, 0.29) is 18.6 Å². The number of para-hydroxylation sites is 1. The highest BCUT2D eigenvalue weighted by atomic mass is 16.5. The molecule has 31 heavy (non-hydrogen) atoms. The standard InChI is InChI=1S/C25H23N3O3/c1-17-9-8-12-20(15-17)24-27-25(31-28-24)21-13-6-7-14-22(21)30-16-23(29)26-18(2)19-10-4-3-5-11-19/h3-15,18H,16H2,1-2H3,(H,26,29)/t18-/m0/s1. The third kappa shape index (κ3) is 4.98. The first-order valence-corrected chi connectivity index (χ1v) is 10.1. The van der Waals surface area contributed by atoms with E-state index < -0.39 is 0 Å². The molecule has 4 aromatic rings. The van der Waals surface area contributed by atoms with Crippen LogP contribution in [0.3, 0.4) is 0 Å². The fraction of sp³-hybridized carbons (Fsp3) is 0.160. The average molecular weight is 413 g/mol. The molecule has 6 heteroatoms. The van der Waals surface area contributed by atoms with Crippen molar-refractivity contribution in [1.29, 1.82) is 0 Å². The van der Waals surface area contributed by atoms with Crippen LogP contribution < -0.4 is 10.1 Å². The van der Waals surface area contributed by atoms with Crippen molar-refractivity contribution in [1.82, 2.24) is 15.5 Å². The molecular formula is C25H23N3O3. The van der Waals surface area contributed by atoms with Gasteiger partial charge in [0.05, 0.1) is 11.6 Å². The van der Waals surface area contributed by atoms with Crippen LogP contribution >= 0.6 is 0 Å². The van der Waals surface area contributed by atoms with Gasteiger partial charge in [-0.05, 0) is 37.6 Å². The SMILES string of the molecule is Cc1cccc(-c2noc(-c3ccccc3OCC(=O)N[C@@H](C)c3ccccc3)n2)c1. The lowest BCUT2D eigenvalue weighted by molar-refractivity contribution is -0.123. The number of hydrogen-bond acceptors (Lipinski definition) is 5. The summed E-state index contributed by atoms with van der Waals surface area (Å²) < 4.78 is 11.3. The molecule has 6 nitrogen and oxygen atoms in total. The average Bonchev–Trinajstić information content (AvgIpc) is 3.29. The van der Waals surface area contributed by atoms with Crippen molar-refractivity contribution < 1.29 is 14.1 Å². The maximum atomic E-state index is 12.4. The third-order valence-electron chi connectivity index (χ3n) is 4.86. The number of amides is 1. The Labute approximate surface area is 180 Å². The minimum Gasteiger partial charge on any atom is -0.483 e. The molecule has 0 aliphatic rings. The Morgan fingerprint density at radius 1 is 1.03 bits per heavy atom. The molecule has 0 bridgehead atoms. The van der Waals surface area contributed by atoms with E-state index in [9.17, 15) is 4.79 Å². The predicted octanol–water partition coefficient (Wildman–Crippen LogP) is 4.97. The number of nitrogens with one attached hydrogen (secondary N) is 1. The lowest BCUT2D eigenvalue weighted by atomic mass is 10.1. The molecule has 4 rings (SSSR count). The number of carbonyl (C=O) groups is 1. The van der Waals surface area contributed by atoms with Gasteiger partial charge in [0.25, 0.3) is 11.8 Å². The van der Waals surface area contributed by atoms with Crippen LogP contribution in [0.4, 0.5) is 0 Å². The zero-order chi connectivity index (χ0) is 21.6. The molecule has 156 valence electrons. The Morgan fingerprint density at radius 2 is 1.81 bits per heavy atom. The molecule has 1 atom stereocenters. The predicted molar refractivity (Wildman–Crippen MR) is 118 cm³/mol. The normalized spacial score (nSPS) is 11.7. The summed E-state index contributed by atoms with van der Waals surface area (Å²) in [6.45, 7) is 3.83. The van der Waals surface area contributed by atoms with E-state index in [1.165, 1.54) is 0 Å². The number of nitrogens with zero attached hydrogens (tertiary/aromatic N) is 2. The Hall–Kier alpha value is -3.93. The van der Waals surface area contributed by atoms with Gasteiger partial charge in [0.15, 0.2) is 6.61 Å². The van der Waals surface area contributed by atoms with Crippen LogP contribution in [-0.4, -0.2) is 22.7 Å². The molecule has 0 fully saturated rings. The van der Waals surface area contributed by atoms with Crippen molar-refractivity contribution in [2.45, 2.75) is 19.9 Å². The highest BCUT2D eigenvalue weighted by molar-refractivity contribution is 5.78. The number of carbonyl (C=O) groups excluding carboxylic acids is 1. The van der Waals surface area contributed by atoms with E-state index in [2.05, 4.69) is 15.5 Å². The minimum atomic E-state index is -0.211. The van der Waals surface area contributed by atoms with Crippen molar-refractivity contribution in [3.63, 3.8) is 0 Å². The van der Waals surface area contributed by atoms with E-state index in [1.54, 1.807) is 6.07 Å². The quantitative estimate of drug-likeness (QED) is 0.463. The summed E-state index contributed by atoms with van der Waals surface area (Å²) in [6, 6.07) is 24.9. The monoisotopic (exact) mass is 413 g/mol. The first-order chi connectivity index (χ1) is 15.1. The van der Waals surface area contributed by atoms with Gasteiger partial charge < -0.3 is 14.6 Å². The molecule has 0 saturated heterocycles. The van der Waals surface area contributed by atoms with Crippen LogP contribution in [-0.2, 0) is 4.79 Å². The maximum absolute atomic E-state index is 12.4. The molecule has 3 aromatic carbocycles. The highest BCUT2D eigenvalue weighted by Crippen LogP contribution is 2.30. The first kappa shape index (κ1) is 20.3. The lowest BCUT2D eigenvalue weighted by Gasteiger charge is -2.15. The topological polar surface area (TPSA) is 77.2 Å². The molecule has 0 aliphatic carbocycles. The summed E-state index contributed by atoms with van der Waals surface area (Å²) in [6.07, 6.45) is 0. The van der Waals surface area contributed by atoms with Gasteiger partial charge in [0.1, 0.15) is 5.75 Å². The molecular weight excluding hydrogens is 390 g/mol. The van der Waals surface area contributed by atoms with Gasteiger partial charge in [-0.3, -0.25) is 4.79 Å². The summed E-state index contributed by atoms with van der Waals surface area (Å²) >= 11 is 0. The van der Waals surface area contributed by atoms with Crippen LogP contribution in [0.15, 0.2) is 83.4 Å². The summed E-state index contributed by atoms with van der Waals surface area (Å²) in [5.41, 5.74) is 3.66. The third-order valence-corrected chi connectivity index (χ3v) is 4.86. The minimum absolute atomic E-state index is 0.111. The Bertz CT molecular complexity index is 1170. The second-order valence-electron chi connectivity index (χ2n) is 7.28. The van der Waals surface area contributed by atoms with Crippen molar-refractivity contribution in [3.8, 4) is 28.6 Å². The largest absolute Gasteiger partial charge is 0.483 e. The smallest absolute Gasteiger partial charge is 0.262 e. The van der Waals surface area contributed by atoms with Crippen LogP contribution in [0, 0.1) is 6.92 Å². The van der Waals surface area contributed by atoms with Gasteiger partial charge in [-0.2, -0.15) is 4.98 Å². The fourth-order valence-corrected chi connectivity index (χ4v) is 3.25. The van der Waals surface area contributed by atoms with Gasteiger partial charge in [0.2, 0.25) is 5.82 Å². The Balaban J connectivity index is 1.45. The van der Waals surface area contributed by atoms with Crippen LogP contribution in [0.25, 0.3) is 22.8 Å². The molecule has 1 heterocycles. The molecule has 0 saturated carbocycles. The van der Waals surface area contributed by atoms with Crippen LogP contribution in [0.1, 0.15) is 24.1 Å². The fourth-order valence-electron chi connectivity index (χ4n) is 3.25.